The molecule has 2 atom stereocenters. The van der Waals surface area contributed by atoms with Gasteiger partial charge < -0.3 is 20.1 Å². The Morgan fingerprint density at radius 2 is 2.07 bits per heavy atom. The number of piperidine rings is 1. The summed E-state index contributed by atoms with van der Waals surface area (Å²) < 4.78 is 11.8. The summed E-state index contributed by atoms with van der Waals surface area (Å²) in [4.78, 5) is 12.0. The second-order valence-corrected chi connectivity index (χ2v) is 7.27. The normalized spacial score (nSPS) is 24.1. The minimum Gasteiger partial charge on any atom is -0.474 e. The van der Waals surface area contributed by atoms with Gasteiger partial charge in [-0.3, -0.25) is 0 Å². The lowest BCUT2D eigenvalue weighted by Gasteiger charge is -2.39. The molecular weight excluding hydrogens is 366 g/mol. The molecule has 2 saturated heterocycles. The van der Waals surface area contributed by atoms with Crippen molar-refractivity contribution in [2.75, 3.05) is 18.5 Å². The fourth-order valence-electron chi connectivity index (χ4n) is 3.52. The Morgan fingerprint density at radius 1 is 1.30 bits per heavy atom. The van der Waals surface area contributed by atoms with Crippen molar-refractivity contribution < 1.29 is 9.47 Å². The third-order valence-corrected chi connectivity index (χ3v) is 5.17. The molecule has 7 nitrogen and oxygen atoms in total. The number of morpholine rings is 1. The van der Waals surface area contributed by atoms with Gasteiger partial charge in [-0.05, 0) is 19.1 Å². The van der Waals surface area contributed by atoms with Gasteiger partial charge in [-0.1, -0.05) is 17.7 Å². The first-order valence-electron chi connectivity index (χ1n) is 8.88. The summed E-state index contributed by atoms with van der Waals surface area (Å²) in [5.74, 6) is 1.21. The third kappa shape index (κ3) is 3.98. The van der Waals surface area contributed by atoms with E-state index in [1.165, 1.54) is 6.33 Å². The van der Waals surface area contributed by atoms with Crippen LogP contribution in [-0.2, 0) is 4.74 Å². The number of hydrogen-bond donors (Lipinski definition) is 2. The van der Waals surface area contributed by atoms with Crippen molar-refractivity contribution in [3.63, 3.8) is 0 Å². The maximum Gasteiger partial charge on any atom is 0.221 e. The van der Waals surface area contributed by atoms with Crippen LogP contribution in [0.4, 0.5) is 17.2 Å². The summed E-state index contributed by atoms with van der Waals surface area (Å²) in [6.07, 6.45) is 3.38. The molecule has 8 heteroatoms. The van der Waals surface area contributed by atoms with Gasteiger partial charge in [0.25, 0.3) is 0 Å². The first kappa shape index (κ1) is 18.0. The van der Waals surface area contributed by atoms with Gasteiger partial charge in [-0.2, -0.15) is 0 Å². The molecule has 4 rings (SSSR count). The van der Waals surface area contributed by atoms with Gasteiger partial charge in [0.2, 0.25) is 5.88 Å². The van der Waals surface area contributed by atoms with E-state index in [2.05, 4.69) is 25.4 Å². The van der Waals surface area contributed by atoms with Gasteiger partial charge in [0.05, 0.1) is 36.1 Å². The topological polar surface area (TPSA) is 72.7 Å². The maximum atomic E-state index is 7.06. The number of fused-ring (bicyclic) bond motifs is 2. The molecule has 140 valence electrons. The third-order valence-electron chi connectivity index (χ3n) is 4.86. The first-order chi connectivity index (χ1) is 13.1. The Kier molecular flexibility index (Phi) is 5.12. The van der Waals surface area contributed by atoms with E-state index in [4.69, 9.17) is 27.6 Å². The highest BCUT2D eigenvalue weighted by Gasteiger charge is 2.33. The van der Waals surface area contributed by atoms with Crippen molar-refractivity contribution in [2.24, 2.45) is 0 Å². The van der Waals surface area contributed by atoms with Crippen molar-refractivity contribution in [2.45, 2.75) is 38.0 Å². The van der Waals surface area contributed by atoms with Crippen molar-refractivity contribution in [1.29, 1.82) is 0 Å². The first-order valence-corrected chi connectivity index (χ1v) is 9.26. The van der Waals surface area contributed by atoms with Crippen LogP contribution in [0.3, 0.4) is 0 Å². The van der Waals surface area contributed by atoms with Gasteiger partial charge in [0.15, 0.2) is 5.69 Å². The van der Waals surface area contributed by atoms with Crippen LogP contribution in [0.15, 0.2) is 24.5 Å². The standard InChI is InChI=1S/C19H20ClN5O2/c1-11-18(25-17-4-3-12(21-2)7-16(17)20)22-10-23-19(11)27-15-5-13-8-26-9-14(6-15)24-13/h3-4,7,10,13-15,24H,5-6,8-9H2,1H3,(H,22,23,25). The molecule has 27 heavy (non-hydrogen) atoms. The van der Waals surface area contributed by atoms with Crippen LogP contribution >= 0.6 is 11.6 Å². The molecule has 2 fully saturated rings. The van der Waals surface area contributed by atoms with E-state index < -0.39 is 0 Å². The summed E-state index contributed by atoms with van der Waals surface area (Å²) >= 11 is 6.26. The number of hydrogen-bond acceptors (Lipinski definition) is 6. The molecule has 2 aliphatic heterocycles. The minimum absolute atomic E-state index is 0.105. The summed E-state index contributed by atoms with van der Waals surface area (Å²) in [6, 6.07) is 5.78. The average Bonchev–Trinajstić information content (AvgIpc) is 2.66. The molecule has 0 saturated carbocycles. The predicted octanol–water partition coefficient (Wildman–Crippen LogP) is 3.63. The highest BCUT2D eigenvalue weighted by molar-refractivity contribution is 6.33. The lowest BCUT2D eigenvalue weighted by molar-refractivity contribution is -0.0134. The molecule has 2 aliphatic rings. The number of halogens is 1. The van der Waals surface area contributed by atoms with Crippen LogP contribution in [0.25, 0.3) is 4.85 Å². The zero-order valence-corrected chi connectivity index (χ0v) is 15.7. The quantitative estimate of drug-likeness (QED) is 0.783. The van der Waals surface area contributed by atoms with E-state index in [0.29, 0.717) is 40.2 Å². The van der Waals surface area contributed by atoms with E-state index in [1.807, 2.05) is 6.92 Å². The molecular formula is C19H20ClN5O2. The SMILES string of the molecule is [C-]#[N+]c1ccc(Nc2ncnc(OC3CC4COCC(C3)N4)c2C)c(Cl)c1. The summed E-state index contributed by atoms with van der Waals surface area (Å²) in [5.41, 5.74) is 2.00. The molecule has 2 unspecified atom stereocenters. The van der Waals surface area contributed by atoms with Crippen LogP contribution in [0.1, 0.15) is 18.4 Å². The zero-order chi connectivity index (χ0) is 18.8. The number of benzene rings is 1. The van der Waals surface area contributed by atoms with Crippen LogP contribution in [0.2, 0.25) is 5.02 Å². The van der Waals surface area contributed by atoms with E-state index in [9.17, 15) is 0 Å². The van der Waals surface area contributed by atoms with Gasteiger partial charge in [-0.15, -0.1) is 0 Å². The lowest BCUT2D eigenvalue weighted by atomic mass is 9.95. The van der Waals surface area contributed by atoms with Crippen LogP contribution in [-0.4, -0.2) is 41.4 Å². The second-order valence-electron chi connectivity index (χ2n) is 6.86. The lowest BCUT2D eigenvalue weighted by Crippen LogP contribution is -2.56. The van der Waals surface area contributed by atoms with Gasteiger partial charge in [-0.25, -0.2) is 14.8 Å². The molecule has 0 radical (unpaired) electrons. The van der Waals surface area contributed by atoms with Crippen molar-refractivity contribution in [1.82, 2.24) is 15.3 Å². The van der Waals surface area contributed by atoms with E-state index >= 15 is 0 Å². The Hall–Kier alpha value is -2.40. The van der Waals surface area contributed by atoms with Gasteiger partial charge in [0, 0.05) is 24.9 Å². The minimum atomic E-state index is 0.105. The van der Waals surface area contributed by atoms with E-state index in [0.717, 1.165) is 31.6 Å². The fourth-order valence-corrected chi connectivity index (χ4v) is 3.74. The smallest absolute Gasteiger partial charge is 0.221 e. The largest absolute Gasteiger partial charge is 0.474 e. The molecule has 0 aliphatic carbocycles. The molecule has 1 aromatic heterocycles. The van der Waals surface area contributed by atoms with E-state index in [1.54, 1.807) is 18.2 Å². The Balaban J connectivity index is 1.50. The highest BCUT2D eigenvalue weighted by atomic mass is 35.5. The Morgan fingerprint density at radius 3 is 2.78 bits per heavy atom. The predicted molar refractivity (Wildman–Crippen MR) is 103 cm³/mol. The number of aromatic nitrogens is 2. The average molecular weight is 386 g/mol. The van der Waals surface area contributed by atoms with Crippen LogP contribution in [0.5, 0.6) is 5.88 Å². The van der Waals surface area contributed by atoms with Crippen molar-refractivity contribution in [3.8, 4) is 5.88 Å². The molecule has 2 aromatic rings. The van der Waals surface area contributed by atoms with E-state index in [-0.39, 0.29) is 6.10 Å². The molecule has 2 bridgehead atoms. The van der Waals surface area contributed by atoms with Crippen LogP contribution < -0.4 is 15.4 Å². The molecule has 2 N–H and O–H groups in total. The van der Waals surface area contributed by atoms with Gasteiger partial charge in [0.1, 0.15) is 18.2 Å². The van der Waals surface area contributed by atoms with Gasteiger partial charge >= 0.3 is 0 Å². The molecule has 1 aromatic carbocycles. The number of ether oxygens (including phenoxy) is 2. The van der Waals surface area contributed by atoms with Crippen molar-refractivity contribution in [3.05, 3.63) is 46.5 Å². The second kappa shape index (κ2) is 7.69. The van der Waals surface area contributed by atoms with Crippen molar-refractivity contribution >= 4 is 28.8 Å². The number of rotatable bonds is 4. The highest BCUT2D eigenvalue weighted by Crippen LogP contribution is 2.32. The maximum absolute atomic E-state index is 7.06. The Bertz CT molecular complexity index is 873. The summed E-state index contributed by atoms with van der Waals surface area (Å²) in [7, 11) is 0. The molecule has 3 heterocycles. The number of nitrogens with one attached hydrogen (secondary N) is 2. The summed E-state index contributed by atoms with van der Waals surface area (Å²) in [6.45, 7) is 10.4. The molecule has 0 amide bonds. The summed E-state index contributed by atoms with van der Waals surface area (Å²) in [5, 5.41) is 7.24. The van der Waals surface area contributed by atoms with Crippen LogP contribution in [0, 0.1) is 13.5 Å². The zero-order valence-electron chi connectivity index (χ0n) is 14.9. The molecule has 0 spiro atoms. The Labute approximate surface area is 162 Å². The number of anilines is 2. The number of nitrogens with zero attached hydrogens (tertiary/aromatic N) is 3. The fraction of sp³-hybridized carbons (Fsp3) is 0.421. The monoisotopic (exact) mass is 385 g/mol.